The lowest BCUT2D eigenvalue weighted by atomic mass is 9.96. The van der Waals surface area contributed by atoms with Crippen LogP contribution < -0.4 is 10.6 Å². The van der Waals surface area contributed by atoms with E-state index in [-0.39, 0.29) is 17.7 Å². The van der Waals surface area contributed by atoms with E-state index < -0.39 is 24.0 Å². The van der Waals surface area contributed by atoms with Crippen molar-refractivity contribution in [3.63, 3.8) is 0 Å². The average molecular weight is 300 g/mol. The monoisotopic (exact) mass is 300 g/mol. The number of nitrogens with one attached hydrogen (secondary N) is 2. The molecule has 6 nitrogen and oxygen atoms in total. The number of carboxylic acids is 1. The Morgan fingerprint density at radius 2 is 1.57 bits per heavy atom. The highest BCUT2D eigenvalue weighted by atomic mass is 16.4. The third-order valence-corrected chi connectivity index (χ3v) is 3.52. The number of carboxylic acid groups (broad SMARTS) is 1. The van der Waals surface area contributed by atoms with Crippen molar-refractivity contribution in [2.45, 2.75) is 66.0 Å². The molecule has 0 rings (SSSR count). The van der Waals surface area contributed by atoms with E-state index in [0.29, 0.717) is 19.3 Å². The van der Waals surface area contributed by atoms with Crippen LogP contribution in [0.3, 0.4) is 0 Å². The van der Waals surface area contributed by atoms with Gasteiger partial charge >= 0.3 is 5.97 Å². The van der Waals surface area contributed by atoms with Crippen molar-refractivity contribution < 1.29 is 19.5 Å². The molecule has 0 aromatic heterocycles. The molecule has 0 aliphatic carbocycles. The van der Waals surface area contributed by atoms with Crippen LogP contribution >= 0.6 is 0 Å². The van der Waals surface area contributed by atoms with Gasteiger partial charge in [0.1, 0.15) is 12.1 Å². The second kappa shape index (κ2) is 9.37. The standard InChI is InChI=1S/C15H28N2O4/c1-6-8-11(18)16-13(10(5)7-2)14(19)17-12(9(3)4)15(20)21/h9-10,12-13H,6-8H2,1-5H3,(H,16,18)(H,17,19)(H,20,21). The summed E-state index contributed by atoms with van der Waals surface area (Å²) >= 11 is 0. The summed E-state index contributed by atoms with van der Waals surface area (Å²) in [4.78, 5) is 35.2. The molecule has 6 heteroatoms. The van der Waals surface area contributed by atoms with Crippen LogP contribution in [0.1, 0.15) is 53.9 Å². The molecule has 0 heterocycles. The first-order valence-corrected chi connectivity index (χ1v) is 7.57. The van der Waals surface area contributed by atoms with Crippen LogP contribution in [-0.2, 0) is 14.4 Å². The molecule has 21 heavy (non-hydrogen) atoms. The van der Waals surface area contributed by atoms with Crippen LogP contribution in [0, 0.1) is 11.8 Å². The van der Waals surface area contributed by atoms with E-state index in [1.54, 1.807) is 13.8 Å². The predicted octanol–water partition coefficient (Wildman–Crippen LogP) is 1.54. The van der Waals surface area contributed by atoms with Gasteiger partial charge in [-0.05, 0) is 18.3 Å². The van der Waals surface area contributed by atoms with Crippen LogP contribution in [0.5, 0.6) is 0 Å². The SMILES string of the molecule is CCCC(=O)NC(C(=O)NC(C(=O)O)C(C)C)C(C)CC. The highest BCUT2D eigenvalue weighted by Crippen LogP contribution is 2.10. The minimum Gasteiger partial charge on any atom is -0.480 e. The Hall–Kier alpha value is -1.59. The number of aliphatic carboxylic acids is 1. The van der Waals surface area contributed by atoms with Gasteiger partial charge in [0, 0.05) is 6.42 Å². The maximum Gasteiger partial charge on any atom is 0.326 e. The van der Waals surface area contributed by atoms with Gasteiger partial charge in [0.25, 0.3) is 0 Å². The van der Waals surface area contributed by atoms with E-state index in [1.165, 1.54) is 0 Å². The fourth-order valence-electron chi connectivity index (χ4n) is 1.93. The normalized spacial score (nSPS) is 15.1. The van der Waals surface area contributed by atoms with Gasteiger partial charge in [-0.2, -0.15) is 0 Å². The lowest BCUT2D eigenvalue weighted by molar-refractivity contribution is -0.143. The first kappa shape index (κ1) is 19.4. The highest BCUT2D eigenvalue weighted by molar-refractivity contribution is 5.90. The minimum atomic E-state index is -1.07. The molecule has 0 radical (unpaired) electrons. The molecule has 0 aromatic rings. The van der Waals surface area contributed by atoms with Gasteiger partial charge in [-0.3, -0.25) is 9.59 Å². The molecular weight excluding hydrogens is 272 g/mol. The molecule has 3 unspecified atom stereocenters. The topological polar surface area (TPSA) is 95.5 Å². The summed E-state index contributed by atoms with van der Waals surface area (Å²) in [6.45, 7) is 9.13. The van der Waals surface area contributed by atoms with Crippen molar-refractivity contribution in [1.82, 2.24) is 10.6 Å². The maximum absolute atomic E-state index is 12.3. The Kier molecular flexibility index (Phi) is 8.66. The molecule has 0 saturated carbocycles. The third kappa shape index (κ3) is 6.60. The van der Waals surface area contributed by atoms with Crippen LogP contribution in [0.4, 0.5) is 0 Å². The number of amides is 2. The molecule has 0 saturated heterocycles. The van der Waals surface area contributed by atoms with Crippen molar-refractivity contribution in [3.05, 3.63) is 0 Å². The number of carbonyl (C=O) groups is 3. The summed E-state index contributed by atoms with van der Waals surface area (Å²) in [5.74, 6) is -1.98. The summed E-state index contributed by atoms with van der Waals surface area (Å²) in [6, 6.07) is -1.65. The smallest absolute Gasteiger partial charge is 0.326 e. The zero-order valence-electron chi connectivity index (χ0n) is 13.6. The van der Waals surface area contributed by atoms with E-state index in [4.69, 9.17) is 5.11 Å². The Morgan fingerprint density at radius 3 is 1.95 bits per heavy atom. The van der Waals surface area contributed by atoms with Gasteiger partial charge in [-0.25, -0.2) is 4.79 Å². The van der Waals surface area contributed by atoms with Crippen LogP contribution in [0.2, 0.25) is 0 Å². The van der Waals surface area contributed by atoms with Gasteiger partial charge in [-0.15, -0.1) is 0 Å². The molecule has 3 N–H and O–H groups in total. The quantitative estimate of drug-likeness (QED) is 0.602. The zero-order valence-corrected chi connectivity index (χ0v) is 13.6. The van der Waals surface area contributed by atoms with Crippen molar-refractivity contribution in [3.8, 4) is 0 Å². The zero-order chi connectivity index (χ0) is 16.6. The Morgan fingerprint density at radius 1 is 1.00 bits per heavy atom. The van der Waals surface area contributed by atoms with Crippen LogP contribution in [0.15, 0.2) is 0 Å². The summed E-state index contributed by atoms with van der Waals surface area (Å²) in [6.07, 6.45) is 1.76. The van der Waals surface area contributed by atoms with Gasteiger partial charge < -0.3 is 15.7 Å². The number of carbonyl (C=O) groups excluding carboxylic acids is 2. The van der Waals surface area contributed by atoms with Gasteiger partial charge in [0.15, 0.2) is 0 Å². The summed E-state index contributed by atoms with van der Waals surface area (Å²) in [5, 5.41) is 14.4. The Balaban J connectivity index is 4.94. The largest absolute Gasteiger partial charge is 0.480 e. The van der Waals surface area contributed by atoms with Crippen LogP contribution in [0.25, 0.3) is 0 Å². The minimum absolute atomic E-state index is 0.0626. The highest BCUT2D eigenvalue weighted by Gasteiger charge is 2.30. The molecule has 2 amide bonds. The van der Waals surface area contributed by atoms with E-state index in [9.17, 15) is 14.4 Å². The molecule has 0 spiro atoms. The number of hydrogen-bond acceptors (Lipinski definition) is 3. The number of hydrogen-bond donors (Lipinski definition) is 3. The molecule has 0 fully saturated rings. The maximum atomic E-state index is 12.3. The van der Waals surface area contributed by atoms with Crippen LogP contribution in [-0.4, -0.2) is 35.0 Å². The summed E-state index contributed by atoms with van der Waals surface area (Å²) < 4.78 is 0. The second-order valence-electron chi connectivity index (χ2n) is 5.75. The first-order valence-electron chi connectivity index (χ1n) is 7.57. The third-order valence-electron chi connectivity index (χ3n) is 3.52. The lowest BCUT2D eigenvalue weighted by Crippen LogP contribution is -2.55. The molecule has 0 aliphatic rings. The van der Waals surface area contributed by atoms with Gasteiger partial charge in [0.2, 0.25) is 11.8 Å². The number of rotatable bonds is 9. The van der Waals surface area contributed by atoms with Crippen molar-refractivity contribution in [2.75, 3.05) is 0 Å². The van der Waals surface area contributed by atoms with E-state index in [1.807, 2.05) is 20.8 Å². The second-order valence-corrected chi connectivity index (χ2v) is 5.75. The van der Waals surface area contributed by atoms with E-state index in [0.717, 1.165) is 0 Å². The first-order chi connectivity index (χ1) is 9.74. The average Bonchev–Trinajstić information content (AvgIpc) is 2.40. The molecule has 0 aliphatic heterocycles. The Labute approximate surface area is 126 Å². The van der Waals surface area contributed by atoms with Crippen molar-refractivity contribution >= 4 is 17.8 Å². The summed E-state index contributed by atoms with van der Waals surface area (Å²) in [5.41, 5.74) is 0. The molecule has 122 valence electrons. The fraction of sp³-hybridized carbons (Fsp3) is 0.800. The fourth-order valence-corrected chi connectivity index (χ4v) is 1.93. The molecule has 3 atom stereocenters. The molecular formula is C15H28N2O4. The molecule has 0 bridgehead atoms. The van der Waals surface area contributed by atoms with Gasteiger partial charge in [-0.1, -0.05) is 41.0 Å². The van der Waals surface area contributed by atoms with Crippen molar-refractivity contribution in [2.24, 2.45) is 11.8 Å². The van der Waals surface area contributed by atoms with Gasteiger partial charge in [0.05, 0.1) is 0 Å². The Bertz CT molecular complexity index is 369. The summed E-state index contributed by atoms with van der Waals surface area (Å²) in [7, 11) is 0. The van der Waals surface area contributed by atoms with E-state index >= 15 is 0 Å². The predicted molar refractivity (Wildman–Crippen MR) is 80.7 cm³/mol. The van der Waals surface area contributed by atoms with Crippen molar-refractivity contribution in [1.29, 1.82) is 0 Å². The molecule has 0 aromatic carbocycles. The lowest BCUT2D eigenvalue weighted by Gasteiger charge is -2.26. The van der Waals surface area contributed by atoms with E-state index in [2.05, 4.69) is 10.6 Å².